The number of aryl methyl sites for hydroxylation is 2. The number of allylic oxidation sites excluding steroid dienone is 2. The van der Waals surface area contributed by atoms with Crippen LogP contribution in [0.3, 0.4) is 0 Å². The number of benzene rings is 4. The third kappa shape index (κ3) is 4.49. The van der Waals surface area contributed by atoms with Gasteiger partial charge in [0, 0.05) is 0 Å². The van der Waals surface area contributed by atoms with E-state index in [2.05, 4.69) is 125 Å². The van der Waals surface area contributed by atoms with E-state index in [1.165, 1.54) is 60.4 Å². The smallest absolute Gasteiger partial charge is 1.00 e. The van der Waals surface area contributed by atoms with Crippen LogP contribution < -0.4 is 24.8 Å². The molecule has 40 heavy (non-hydrogen) atoms. The third-order valence-electron chi connectivity index (χ3n) is 9.72. The molecule has 0 aromatic heterocycles. The van der Waals surface area contributed by atoms with Crippen molar-refractivity contribution < 1.29 is 41.4 Å². The van der Waals surface area contributed by atoms with Crippen molar-refractivity contribution in [3.63, 3.8) is 0 Å². The molecule has 2 aliphatic carbocycles. The minimum atomic E-state index is -2.39. The zero-order valence-electron chi connectivity index (χ0n) is 23.8. The number of hydrogen-bond donors (Lipinski definition) is 0. The van der Waals surface area contributed by atoms with Crippen molar-refractivity contribution in [2.24, 2.45) is 0 Å². The van der Waals surface area contributed by atoms with E-state index < -0.39 is 16.6 Å². The molecule has 1 aliphatic heterocycles. The second-order valence-corrected chi connectivity index (χ2v) is 19.3. The summed E-state index contributed by atoms with van der Waals surface area (Å²) in [7, 11) is 0. The average Bonchev–Trinajstić information content (AvgIpc) is 3.41. The van der Waals surface area contributed by atoms with Gasteiger partial charge in [0.25, 0.3) is 0 Å². The minimum Gasteiger partial charge on any atom is -1.00 e. The monoisotopic (exact) mass is 598 g/mol. The Kier molecular flexibility index (Phi) is 8.13. The van der Waals surface area contributed by atoms with Gasteiger partial charge in [-0.05, 0) is 0 Å². The van der Waals surface area contributed by atoms with Crippen molar-refractivity contribution in [2.45, 2.75) is 52.0 Å². The van der Waals surface area contributed by atoms with E-state index in [9.17, 15) is 0 Å². The summed E-state index contributed by atoms with van der Waals surface area (Å²) in [6.07, 6.45) is 6.52. The molecule has 7 rings (SSSR count). The van der Waals surface area contributed by atoms with Gasteiger partial charge in [-0.1, -0.05) is 0 Å². The van der Waals surface area contributed by atoms with Crippen LogP contribution in [0.5, 0.6) is 0 Å². The molecular weight excluding hydrogens is 563 g/mol. The molecule has 4 aromatic rings. The molecule has 0 spiro atoms. The van der Waals surface area contributed by atoms with Gasteiger partial charge in [-0.15, -0.1) is 0 Å². The topological polar surface area (TPSA) is 0 Å². The summed E-state index contributed by atoms with van der Waals surface area (Å²) in [4.78, 5) is 0. The van der Waals surface area contributed by atoms with Crippen LogP contribution in [0.1, 0.15) is 62.1 Å². The molecule has 2 unspecified atom stereocenters. The Hall–Kier alpha value is -2.35. The van der Waals surface area contributed by atoms with Gasteiger partial charge in [0.2, 0.25) is 0 Å². The fraction of sp³-hybridized carbons (Fsp3) is 0.243. The molecule has 1 saturated heterocycles. The molecule has 0 N–H and O–H groups in total. The number of rotatable bonds is 4. The van der Waals surface area contributed by atoms with Gasteiger partial charge in [0.15, 0.2) is 0 Å². The Morgan fingerprint density at radius 2 is 0.925 bits per heavy atom. The van der Waals surface area contributed by atoms with Gasteiger partial charge in [-0.3, -0.25) is 0 Å². The first-order valence-electron chi connectivity index (χ1n) is 14.2. The molecule has 0 radical (unpaired) electrons. The largest absolute Gasteiger partial charge is 1.00 e. The van der Waals surface area contributed by atoms with E-state index in [1.807, 2.05) is 0 Å². The van der Waals surface area contributed by atoms with Crippen LogP contribution >= 0.6 is 0 Å². The molecule has 0 amide bonds. The minimum absolute atomic E-state index is 0. The fourth-order valence-electron chi connectivity index (χ4n) is 7.93. The third-order valence-corrected chi connectivity index (χ3v) is 19.7. The molecule has 1 fully saturated rings. The summed E-state index contributed by atoms with van der Waals surface area (Å²) in [6, 6.07) is 32.4. The Labute approximate surface area is 255 Å². The van der Waals surface area contributed by atoms with Crippen LogP contribution in [-0.2, 0) is 16.6 Å². The first-order valence-corrected chi connectivity index (χ1v) is 18.2. The molecule has 202 valence electrons. The van der Waals surface area contributed by atoms with Crippen molar-refractivity contribution in [1.82, 2.24) is 0 Å². The Morgan fingerprint density at radius 3 is 1.27 bits per heavy atom. The number of halogens is 2. The van der Waals surface area contributed by atoms with Gasteiger partial charge in [0.1, 0.15) is 0 Å². The second kappa shape index (κ2) is 11.1. The summed E-state index contributed by atoms with van der Waals surface area (Å²) in [5.74, 6) is 0. The van der Waals surface area contributed by atoms with Gasteiger partial charge in [0.05, 0.1) is 0 Å². The van der Waals surface area contributed by atoms with E-state index >= 15 is 0 Å². The molecule has 0 saturated carbocycles. The van der Waals surface area contributed by atoms with Crippen molar-refractivity contribution in [2.75, 3.05) is 0 Å². The van der Waals surface area contributed by atoms with Gasteiger partial charge in [-0.25, -0.2) is 0 Å². The van der Waals surface area contributed by atoms with Crippen molar-refractivity contribution in [3.05, 3.63) is 129 Å². The van der Waals surface area contributed by atoms with Crippen molar-refractivity contribution >= 4 is 12.2 Å². The predicted molar refractivity (Wildman–Crippen MR) is 160 cm³/mol. The number of hydrogen-bond acceptors (Lipinski definition) is 0. The first-order chi connectivity index (χ1) is 18.5. The van der Waals surface area contributed by atoms with Gasteiger partial charge in [-0.2, -0.15) is 0 Å². The summed E-state index contributed by atoms with van der Waals surface area (Å²) in [6.45, 7) is 9.22. The normalized spacial score (nSPS) is 19.0. The maximum Gasteiger partial charge on any atom is -1.00 e. The molecule has 3 aliphatic rings. The maximum absolute atomic E-state index is 2.55. The molecule has 0 nitrogen and oxygen atoms in total. The van der Waals surface area contributed by atoms with E-state index in [-0.39, 0.29) is 24.8 Å². The van der Waals surface area contributed by atoms with E-state index in [0.29, 0.717) is 8.45 Å². The van der Waals surface area contributed by atoms with E-state index in [4.69, 9.17) is 0 Å². The van der Waals surface area contributed by atoms with Gasteiger partial charge >= 0.3 is 232 Å². The molecule has 4 aromatic carbocycles. The van der Waals surface area contributed by atoms with Crippen LogP contribution in [0.25, 0.3) is 34.4 Å². The molecule has 1 heterocycles. The molecule has 2 atom stereocenters. The summed E-state index contributed by atoms with van der Waals surface area (Å²) >= 11 is -2.39. The van der Waals surface area contributed by atoms with Gasteiger partial charge < -0.3 is 24.8 Å². The molecular formula is C37H36Cl2Ti. The van der Waals surface area contributed by atoms with Crippen LogP contribution in [-0.4, -0.2) is 0 Å². The van der Waals surface area contributed by atoms with Crippen LogP contribution in [0.2, 0.25) is 9.45 Å². The standard InChI is InChI=1S/2C17H15.C3H6.2ClH.Ti/c2*1-12-6-8-14(9-7-12)16-5-3-4-15-10-13(2)11-17(15)16;1-3-2;;;/h2*3-11H,1-2H3;1-3H2;2*1H;/q;;;;;+2/p-2. The Balaban J connectivity index is 0.00000161. The number of fused-ring (bicyclic) bond motifs is 2. The summed E-state index contributed by atoms with van der Waals surface area (Å²) in [5.41, 5.74) is 17.6. The average molecular weight is 599 g/mol. The maximum atomic E-state index is 2.55. The van der Waals surface area contributed by atoms with E-state index in [0.717, 1.165) is 0 Å². The predicted octanol–water partition coefficient (Wildman–Crippen LogP) is 4.66. The van der Waals surface area contributed by atoms with Crippen molar-refractivity contribution in [1.29, 1.82) is 0 Å². The fourth-order valence-corrected chi connectivity index (χ4v) is 17.9. The zero-order chi connectivity index (χ0) is 26.0. The van der Waals surface area contributed by atoms with Crippen LogP contribution in [0.4, 0.5) is 0 Å². The summed E-state index contributed by atoms with van der Waals surface area (Å²) < 4.78 is 4.28. The Bertz CT molecular complexity index is 1500. The zero-order valence-corrected chi connectivity index (χ0v) is 26.8. The van der Waals surface area contributed by atoms with E-state index in [1.54, 1.807) is 22.3 Å². The quantitative estimate of drug-likeness (QED) is 0.300. The van der Waals surface area contributed by atoms with Crippen LogP contribution in [0, 0.1) is 13.8 Å². The summed E-state index contributed by atoms with van der Waals surface area (Å²) in [5, 5.41) is 0. The molecule has 3 heteroatoms. The van der Waals surface area contributed by atoms with Crippen LogP contribution in [0.15, 0.2) is 96.1 Å². The Morgan fingerprint density at radius 1 is 0.525 bits per heavy atom. The second-order valence-electron chi connectivity index (χ2n) is 12.1. The first kappa shape index (κ1) is 29.2. The van der Waals surface area contributed by atoms with Crippen molar-refractivity contribution in [3.8, 4) is 22.3 Å². The SMILES string of the molecule is CC1=Cc2c(-c3ccc(C)cc3)cccc2[CH]1[Ti+2]1([CH]2C(C)=Cc3c(-c4ccc(C)cc4)cccc32)[CH2]C[CH2]1.[Cl-].[Cl-]. The molecule has 0 bridgehead atoms.